The molecule has 6 heteroatoms. The average Bonchev–Trinajstić information content (AvgIpc) is 3.04. The summed E-state index contributed by atoms with van der Waals surface area (Å²) in [7, 11) is 0. The summed E-state index contributed by atoms with van der Waals surface area (Å²) in [5.41, 5.74) is 2.84. The zero-order valence-corrected chi connectivity index (χ0v) is 13.8. The molecule has 0 saturated carbocycles. The van der Waals surface area contributed by atoms with E-state index in [0.29, 0.717) is 0 Å². The fourth-order valence-electron chi connectivity index (χ4n) is 2.29. The van der Waals surface area contributed by atoms with E-state index in [2.05, 4.69) is 34.1 Å². The molecular weight excluding hydrogens is 330 g/mol. The Kier molecular flexibility index (Phi) is 5.05. The summed E-state index contributed by atoms with van der Waals surface area (Å²) in [5.74, 6) is 0.139. The fourth-order valence-corrected chi connectivity index (χ4v) is 3.10. The van der Waals surface area contributed by atoms with E-state index in [0.717, 1.165) is 16.4 Å². The molecule has 2 aromatic carbocycles. The van der Waals surface area contributed by atoms with Gasteiger partial charge in [0.2, 0.25) is 0 Å². The van der Waals surface area contributed by atoms with Crippen LogP contribution in [0.1, 0.15) is 18.5 Å². The number of rotatable bonds is 6. The molecule has 0 aliphatic rings. The number of ether oxygens (including phenoxy) is 1. The van der Waals surface area contributed by atoms with Crippen LogP contribution in [0.2, 0.25) is 0 Å². The highest BCUT2D eigenvalue weighted by Crippen LogP contribution is 2.29. The number of halogens is 2. The van der Waals surface area contributed by atoms with Gasteiger partial charge >= 0.3 is 6.61 Å². The number of hydrogen-bond donors (Lipinski definition) is 1. The summed E-state index contributed by atoms with van der Waals surface area (Å²) in [5, 5.41) is 6.12. The van der Waals surface area contributed by atoms with Gasteiger partial charge in [-0.1, -0.05) is 30.3 Å². The Bertz CT molecular complexity index is 775. The summed E-state index contributed by atoms with van der Waals surface area (Å²) < 4.78 is 28.7. The molecule has 0 saturated heterocycles. The normalized spacial score (nSPS) is 12.2. The number of hydrogen-bond acceptors (Lipinski definition) is 4. The molecule has 0 fully saturated rings. The third kappa shape index (κ3) is 4.08. The second kappa shape index (κ2) is 7.40. The van der Waals surface area contributed by atoms with E-state index in [1.165, 1.54) is 29.0 Å². The number of thiazole rings is 1. The maximum atomic E-state index is 12.2. The molecule has 3 nitrogen and oxygen atoms in total. The van der Waals surface area contributed by atoms with Gasteiger partial charge in [-0.3, -0.25) is 0 Å². The van der Waals surface area contributed by atoms with E-state index in [4.69, 9.17) is 0 Å². The zero-order valence-electron chi connectivity index (χ0n) is 12.9. The minimum atomic E-state index is -2.81. The number of nitrogens with one attached hydrogen (secondary N) is 1. The lowest BCUT2D eigenvalue weighted by Gasteiger charge is -2.12. The third-order valence-corrected chi connectivity index (χ3v) is 4.29. The van der Waals surface area contributed by atoms with Gasteiger partial charge in [0.1, 0.15) is 5.75 Å². The summed E-state index contributed by atoms with van der Waals surface area (Å²) in [6.45, 7) is -0.738. The Labute approximate surface area is 142 Å². The van der Waals surface area contributed by atoms with Crippen LogP contribution in [0.25, 0.3) is 11.3 Å². The predicted octanol–water partition coefficient (Wildman–Crippen LogP) is 5.58. The molecule has 0 aliphatic carbocycles. The highest BCUT2D eigenvalue weighted by Gasteiger charge is 2.10. The number of anilines is 1. The quantitative estimate of drug-likeness (QED) is 0.632. The number of aromatic nitrogens is 1. The SMILES string of the molecule is CC(Nc1nc(-c2ccc(OC(F)F)cc2)cs1)c1ccccc1. The van der Waals surface area contributed by atoms with Crippen molar-refractivity contribution in [3.05, 3.63) is 65.5 Å². The van der Waals surface area contributed by atoms with Crippen LogP contribution < -0.4 is 10.1 Å². The van der Waals surface area contributed by atoms with Crippen LogP contribution in [0.5, 0.6) is 5.75 Å². The largest absolute Gasteiger partial charge is 0.435 e. The van der Waals surface area contributed by atoms with E-state index in [-0.39, 0.29) is 11.8 Å². The van der Waals surface area contributed by atoms with Crippen LogP contribution in [0.3, 0.4) is 0 Å². The van der Waals surface area contributed by atoms with Gasteiger partial charge in [-0.15, -0.1) is 11.3 Å². The Morgan fingerprint density at radius 3 is 2.42 bits per heavy atom. The molecule has 0 amide bonds. The lowest BCUT2D eigenvalue weighted by Crippen LogP contribution is -2.05. The van der Waals surface area contributed by atoms with E-state index >= 15 is 0 Å². The molecule has 1 atom stereocenters. The van der Waals surface area contributed by atoms with E-state index in [9.17, 15) is 8.78 Å². The molecule has 0 spiro atoms. The van der Waals surface area contributed by atoms with Crippen LogP contribution in [0, 0.1) is 0 Å². The van der Waals surface area contributed by atoms with Crippen molar-refractivity contribution in [3.63, 3.8) is 0 Å². The Hall–Kier alpha value is -2.47. The summed E-state index contributed by atoms with van der Waals surface area (Å²) in [6.07, 6.45) is 0. The first-order valence-electron chi connectivity index (χ1n) is 7.44. The Balaban J connectivity index is 1.69. The molecule has 24 heavy (non-hydrogen) atoms. The molecule has 3 aromatic rings. The van der Waals surface area contributed by atoms with Crippen LogP contribution in [0.15, 0.2) is 60.0 Å². The molecule has 0 bridgehead atoms. The molecule has 0 aliphatic heterocycles. The summed E-state index contributed by atoms with van der Waals surface area (Å²) in [4.78, 5) is 4.56. The first-order chi connectivity index (χ1) is 11.6. The molecule has 3 rings (SSSR count). The molecule has 1 unspecified atom stereocenters. The second-order valence-electron chi connectivity index (χ2n) is 5.22. The smallest absolute Gasteiger partial charge is 0.387 e. The van der Waals surface area contributed by atoms with Gasteiger partial charge in [-0.05, 0) is 36.8 Å². The molecular formula is C18H16F2N2OS. The minimum Gasteiger partial charge on any atom is -0.435 e. The Morgan fingerprint density at radius 1 is 1.04 bits per heavy atom. The summed E-state index contributed by atoms with van der Waals surface area (Å²) >= 11 is 1.51. The predicted molar refractivity (Wildman–Crippen MR) is 92.7 cm³/mol. The molecule has 0 radical (unpaired) electrons. The summed E-state index contributed by atoms with van der Waals surface area (Å²) in [6, 6.07) is 16.7. The van der Waals surface area contributed by atoms with Crippen molar-refractivity contribution in [2.45, 2.75) is 19.6 Å². The van der Waals surface area contributed by atoms with Crippen molar-refractivity contribution < 1.29 is 13.5 Å². The van der Waals surface area contributed by atoms with Crippen molar-refractivity contribution >= 4 is 16.5 Å². The van der Waals surface area contributed by atoms with Gasteiger partial charge in [0, 0.05) is 10.9 Å². The molecule has 124 valence electrons. The van der Waals surface area contributed by atoms with Gasteiger partial charge < -0.3 is 10.1 Å². The van der Waals surface area contributed by atoms with Crippen molar-refractivity contribution in [3.8, 4) is 17.0 Å². The van der Waals surface area contributed by atoms with E-state index < -0.39 is 6.61 Å². The van der Waals surface area contributed by atoms with Crippen LogP contribution >= 0.6 is 11.3 Å². The third-order valence-electron chi connectivity index (χ3n) is 3.52. The van der Waals surface area contributed by atoms with Gasteiger partial charge in [0.25, 0.3) is 0 Å². The van der Waals surface area contributed by atoms with E-state index in [1.54, 1.807) is 12.1 Å². The standard InChI is InChI=1S/C18H16F2N2OS/c1-12(13-5-3-2-4-6-13)21-18-22-16(11-24-18)14-7-9-15(10-8-14)23-17(19)20/h2-12,17H,1H3,(H,21,22). The lowest BCUT2D eigenvalue weighted by atomic mass is 10.1. The maximum absolute atomic E-state index is 12.2. The van der Waals surface area contributed by atoms with Crippen molar-refractivity contribution in [1.82, 2.24) is 4.98 Å². The van der Waals surface area contributed by atoms with Crippen molar-refractivity contribution in [1.29, 1.82) is 0 Å². The molecule has 1 heterocycles. The molecule has 1 N–H and O–H groups in total. The highest BCUT2D eigenvalue weighted by atomic mass is 32.1. The van der Waals surface area contributed by atoms with Crippen LogP contribution in [-0.4, -0.2) is 11.6 Å². The fraction of sp³-hybridized carbons (Fsp3) is 0.167. The molecule has 1 aromatic heterocycles. The van der Waals surface area contributed by atoms with Gasteiger partial charge in [0.05, 0.1) is 11.7 Å². The number of alkyl halides is 2. The number of benzene rings is 2. The average molecular weight is 346 g/mol. The minimum absolute atomic E-state index is 0.139. The van der Waals surface area contributed by atoms with Crippen LogP contribution in [0.4, 0.5) is 13.9 Å². The number of nitrogens with zero attached hydrogens (tertiary/aromatic N) is 1. The topological polar surface area (TPSA) is 34.2 Å². The first kappa shape index (κ1) is 16.4. The maximum Gasteiger partial charge on any atom is 0.387 e. The first-order valence-corrected chi connectivity index (χ1v) is 8.32. The van der Waals surface area contributed by atoms with Gasteiger partial charge in [0.15, 0.2) is 5.13 Å². The lowest BCUT2D eigenvalue weighted by molar-refractivity contribution is -0.0498. The van der Waals surface area contributed by atoms with Crippen molar-refractivity contribution in [2.24, 2.45) is 0 Å². The van der Waals surface area contributed by atoms with Gasteiger partial charge in [-0.25, -0.2) is 4.98 Å². The monoisotopic (exact) mass is 346 g/mol. The zero-order chi connectivity index (χ0) is 16.9. The van der Waals surface area contributed by atoms with Gasteiger partial charge in [-0.2, -0.15) is 8.78 Å². The highest BCUT2D eigenvalue weighted by molar-refractivity contribution is 7.14. The van der Waals surface area contributed by atoms with Crippen molar-refractivity contribution in [2.75, 3.05) is 5.32 Å². The van der Waals surface area contributed by atoms with E-state index in [1.807, 2.05) is 23.6 Å². The second-order valence-corrected chi connectivity index (χ2v) is 6.08. The van der Waals surface area contributed by atoms with Crippen LogP contribution in [-0.2, 0) is 0 Å². The Morgan fingerprint density at radius 2 is 1.75 bits per heavy atom.